The van der Waals surface area contributed by atoms with Crippen molar-refractivity contribution >= 4 is 16.0 Å². The van der Waals surface area contributed by atoms with Crippen molar-refractivity contribution in [2.24, 2.45) is 0 Å². The lowest BCUT2D eigenvalue weighted by molar-refractivity contribution is -0.122. The molecule has 1 amide bonds. The summed E-state index contributed by atoms with van der Waals surface area (Å²) in [6.07, 6.45) is 47.7. The summed E-state index contributed by atoms with van der Waals surface area (Å²) in [6.45, 7) is 4.54. The highest BCUT2D eigenvalue weighted by Gasteiger charge is 2.24. The highest BCUT2D eigenvalue weighted by molar-refractivity contribution is 7.85. The minimum Gasteiger partial charge on any atom is -0.387 e. The Bertz CT molecular complexity index is 862. The number of nitrogens with one attached hydrogen (secondary N) is 1. The Morgan fingerprint density at radius 3 is 1.12 bits per heavy atom. The number of aliphatic hydroxyl groups excluding tert-OH is 1. The molecule has 0 saturated heterocycles. The Morgan fingerprint density at radius 2 is 0.804 bits per heavy atom. The molecule has 304 valence electrons. The van der Waals surface area contributed by atoms with Gasteiger partial charge in [0.15, 0.2) is 0 Å². The van der Waals surface area contributed by atoms with Gasteiger partial charge in [0.25, 0.3) is 10.1 Å². The van der Waals surface area contributed by atoms with Gasteiger partial charge in [-0.3, -0.25) is 9.35 Å². The maximum Gasteiger partial charge on any atom is 0.267 e. The van der Waals surface area contributed by atoms with Crippen LogP contribution in [0.5, 0.6) is 0 Å². The topological polar surface area (TPSA) is 104 Å². The summed E-state index contributed by atoms with van der Waals surface area (Å²) in [7, 11) is -4.34. The third-order valence-electron chi connectivity index (χ3n) is 10.5. The molecule has 2 unspecified atom stereocenters. The molecule has 3 N–H and O–H groups in total. The molecule has 0 heterocycles. The van der Waals surface area contributed by atoms with E-state index < -0.39 is 28.0 Å². The first-order chi connectivity index (χ1) is 24.8. The number of carbonyl (C=O) groups is 1. The van der Waals surface area contributed by atoms with Crippen LogP contribution in [0.15, 0.2) is 12.2 Å². The van der Waals surface area contributed by atoms with E-state index in [0.29, 0.717) is 6.42 Å². The van der Waals surface area contributed by atoms with Gasteiger partial charge in [-0.05, 0) is 19.3 Å². The molecule has 0 aliphatic rings. The zero-order valence-corrected chi connectivity index (χ0v) is 34.8. The lowest BCUT2D eigenvalue weighted by atomic mass is 10.0. The SMILES string of the molecule is CCCCCCCCCCCCCCCCCCCC/C=C/C(O)C(CS(=O)(=O)O)NC(=O)CCCCCCCCCCCCCCCCCC. The molecule has 0 rings (SSSR count). The van der Waals surface area contributed by atoms with Crippen LogP contribution in [0, 0.1) is 0 Å². The molecular weight excluding hydrogens is 655 g/mol. The van der Waals surface area contributed by atoms with Crippen LogP contribution in [0.4, 0.5) is 0 Å². The Hall–Kier alpha value is -0.920. The van der Waals surface area contributed by atoms with Crippen molar-refractivity contribution in [2.75, 3.05) is 5.75 Å². The Kier molecular flexibility index (Phi) is 38.1. The van der Waals surface area contributed by atoms with Crippen LogP contribution in [0.3, 0.4) is 0 Å². The summed E-state index contributed by atoms with van der Waals surface area (Å²) in [5.74, 6) is -0.965. The Labute approximate surface area is 318 Å². The van der Waals surface area contributed by atoms with Crippen LogP contribution in [0.1, 0.15) is 245 Å². The highest BCUT2D eigenvalue weighted by atomic mass is 32.2. The van der Waals surface area contributed by atoms with Gasteiger partial charge < -0.3 is 10.4 Å². The van der Waals surface area contributed by atoms with Crippen LogP contribution >= 0.6 is 0 Å². The van der Waals surface area contributed by atoms with E-state index in [4.69, 9.17) is 0 Å². The van der Waals surface area contributed by atoms with Crippen LogP contribution in [-0.2, 0) is 14.9 Å². The van der Waals surface area contributed by atoms with Crippen molar-refractivity contribution in [2.45, 2.75) is 257 Å². The first-order valence-electron chi connectivity index (χ1n) is 22.4. The molecule has 0 aliphatic heterocycles. The van der Waals surface area contributed by atoms with Crippen molar-refractivity contribution in [1.82, 2.24) is 5.32 Å². The minimum atomic E-state index is -4.34. The predicted molar refractivity (Wildman–Crippen MR) is 221 cm³/mol. The van der Waals surface area contributed by atoms with Crippen molar-refractivity contribution in [3.05, 3.63) is 12.2 Å². The van der Waals surface area contributed by atoms with E-state index in [1.54, 1.807) is 6.08 Å². The van der Waals surface area contributed by atoms with Crippen molar-refractivity contribution in [3.63, 3.8) is 0 Å². The Morgan fingerprint density at radius 1 is 0.510 bits per heavy atom. The highest BCUT2D eigenvalue weighted by Crippen LogP contribution is 2.16. The molecular formula is C44H87NO5S. The fourth-order valence-corrected chi connectivity index (χ4v) is 7.83. The van der Waals surface area contributed by atoms with Crippen molar-refractivity contribution in [3.8, 4) is 0 Å². The number of hydrogen-bond donors (Lipinski definition) is 3. The maximum absolute atomic E-state index is 12.5. The van der Waals surface area contributed by atoms with E-state index in [2.05, 4.69) is 19.2 Å². The van der Waals surface area contributed by atoms with Gasteiger partial charge in [0.1, 0.15) is 0 Å². The van der Waals surface area contributed by atoms with E-state index in [9.17, 15) is 22.9 Å². The molecule has 51 heavy (non-hydrogen) atoms. The number of allylic oxidation sites excluding steroid dienone is 1. The summed E-state index contributed by atoms with van der Waals surface area (Å²) in [5, 5.41) is 13.3. The first kappa shape index (κ1) is 50.1. The second-order valence-corrected chi connectivity index (χ2v) is 17.2. The van der Waals surface area contributed by atoms with E-state index in [-0.39, 0.29) is 5.91 Å². The maximum atomic E-state index is 12.5. The molecule has 0 aromatic rings. The van der Waals surface area contributed by atoms with Crippen molar-refractivity contribution < 1.29 is 22.9 Å². The largest absolute Gasteiger partial charge is 0.387 e. The van der Waals surface area contributed by atoms with Gasteiger partial charge in [0.05, 0.1) is 17.9 Å². The molecule has 0 aromatic carbocycles. The van der Waals surface area contributed by atoms with Gasteiger partial charge in [-0.2, -0.15) is 8.42 Å². The van der Waals surface area contributed by atoms with E-state index in [1.807, 2.05) is 6.08 Å². The molecule has 2 atom stereocenters. The minimum absolute atomic E-state index is 0.273. The number of aliphatic hydroxyl groups is 1. The van der Waals surface area contributed by atoms with Crippen LogP contribution < -0.4 is 5.32 Å². The summed E-state index contributed by atoms with van der Waals surface area (Å²) in [5.41, 5.74) is 0. The van der Waals surface area contributed by atoms with Gasteiger partial charge in [-0.15, -0.1) is 0 Å². The molecule has 6 nitrogen and oxygen atoms in total. The summed E-state index contributed by atoms with van der Waals surface area (Å²) in [6, 6.07) is -1.05. The second-order valence-electron chi connectivity index (χ2n) is 15.7. The van der Waals surface area contributed by atoms with E-state index >= 15 is 0 Å². The third-order valence-corrected chi connectivity index (χ3v) is 11.2. The van der Waals surface area contributed by atoms with Gasteiger partial charge >= 0.3 is 0 Å². The molecule has 0 aromatic heterocycles. The standard InChI is InChI=1S/C44H87NO5S/c1-3-5-7-9-11-13-15-17-19-21-22-23-24-25-27-29-31-33-35-37-39-43(46)42(41-51(48,49)50)45-44(47)40-38-36-34-32-30-28-26-20-18-16-14-12-10-8-6-4-2/h37,39,42-43,46H,3-36,38,40-41H2,1-2H3,(H,45,47)(H,48,49,50)/b39-37+. The third kappa shape index (κ3) is 40.1. The van der Waals surface area contributed by atoms with Crippen molar-refractivity contribution in [1.29, 1.82) is 0 Å². The second kappa shape index (κ2) is 38.8. The molecule has 0 aliphatic carbocycles. The summed E-state index contributed by atoms with van der Waals surface area (Å²) >= 11 is 0. The normalized spacial score (nSPS) is 13.3. The number of hydrogen-bond acceptors (Lipinski definition) is 4. The predicted octanol–water partition coefficient (Wildman–Crippen LogP) is 13.4. The van der Waals surface area contributed by atoms with E-state index in [1.165, 1.54) is 186 Å². The quantitative estimate of drug-likeness (QED) is 0.0329. The fraction of sp³-hybridized carbons (Fsp3) is 0.932. The molecule has 0 bridgehead atoms. The average molecular weight is 742 g/mol. The molecule has 0 spiro atoms. The molecule has 0 saturated carbocycles. The van der Waals surface area contributed by atoms with Gasteiger partial charge in [0, 0.05) is 6.42 Å². The Balaban J connectivity index is 3.83. The number of carbonyl (C=O) groups excluding carboxylic acids is 1. The number of unbranched alkanes of at least 4 members (excludes halogenated alkanes) is 33. The lowest BCUT2D eigenvalue weighted by Crippen LogP contribution is -2.46. The zero-order valence-electron chi connectivity index (χ0n) is 34.0. The van der Waals surface area contributed by atoms with Gasteiger partial charge in [-0.1, -0.05) is 231 Å². The molecule has 0 radical (unpaired) electrons. The lowest BCUT2D eigenvalue weighted by Gasteiger charge is -2.21. The van der Waals surface area contributed by atoms with Crippen LogP contribution in [-0.4, -0.2) is 41.9 Å². The number of amides is 1. The van der Waals surface area contributed by atoms with E-state index in [0.717, 1.165) is 38.5 Å². The first-order valence-corrected chi connectivity index (χ1v) is 24.0. The number of rotatable bonds is 41. The molecule has 0 fully saturated rings. The monoisotopic (exact) mass is 742 g/mol. The summed E-state index contributed by atoms with van der Waals surface area (Å²) in [4.78, 5) is 12.5. The summed E-state index contributed by atoms with van der Waals surface area (Å²) < 4.78 is 32.5. The van der Waals surface area contributed by atoms with Crippen LogP contribution in [0.25, 0.3) is 0 Å². The molecule has 7 heteroatoms. The van der Waals surface area contributed by atoms with Crippen LogP contribution in [0.2, 0.25) is 0 Å². The van der Waals surface area contributed by atoms with Gasteiger partial charge in [-0.25, -0.2) is 0 Å². The smallest absolute Gasteiger partial charge is 0.267 e. The fourth-order valence-electron chi connectivity index (χ4n) is 7.10. The zero-order chi connectivity index (χ0) is 37.5. The van der Waals surface area contributed by atoms with Gasteiger partial charge in [0.2, 0.25) is 5.91 Å². The average Bonchev–Trinajstić information content (AvgIpc) is 3.09.